The highest BCUT2D eigenvalue weighted by Gasteiger charge is 2.48. The van der Waals surface area contributed by atoms with Gasteiger partial charge in [0, 0.05) is 12.1 Å². The molecule has 0 bridgehead atoms. The average molecular weight is 326 g/mol. The quantitative estimate of drug-likeness (QED) is 0.837. The minimum Gasteiger partial charge on any atom is -0.380 e. The molecule has 0 radical (unpaired) electrons. The van der Waals surface area contributed by atoms with Gasteiger partial charge in [-0.15, -0.1) is 0 Å². The Labute approximate surface area is 119 Å². The van der Waals surface area contributed by atoms with E-state index in [1.165, 1.54) is 0 Å². The Morgan fingerprint density at radius 2 is 1.90 bits per heavy atom. The Balaban J connectivity index is 2.43. The fraction of sp³-hybridized carbons (Fsp3) is 0.500. The molecule has 1 aromatic carbocycles. The van der Waals surface area contributed by atoms with Crippen molar-refractivity contribution >= 4 is 15.5 Å². The summed E-state index contributed by atoms with van der Waals surface area (Å²) in [7, 11) is -5.63. The van der Waals surface area contributed by atoms with Gasteiger partial charge in [0.15, 0.2) is 0 Å². The van der Waals surface area contributed by atoms with Crippen LogP contribution in [0.4, 0.5) is 23.2 Å². The second kappa shape index (κ2) is 5.45. The maximum atomic E-state index is 13.2. The predicted molar refractivity (Wildman–Crippen MR) is 68.9 cm³/mol. The summed E-state index contributed by atoms with van der Waals surface area (Å²) >= 11 is 0. The van der Waals surface area contributed by atoms with Crippen molar-refractivity contribution in [3.63, 3.8) is 0 Å². The molecule has 0 heterocycles. The highest BCUT2D eigenvalue weighted by atomic mass is 32.2. The third-order valence-electron chi connectivity index (χ3n) is 3.45. The van der Waals surface area contributed by atoms with Gasteiger partial charge in [-0.1, -0.05) is 0 Å². The summed E-state index contributed by atoms with van der Waals surface area (Å²) in [5, 5.41) is 2.69. The summed E-state index contributed by atoms with van der Waals surface area (Å²) in [6.07, 6.45) is 2.10. The Morgan fingerprint density at radius 1 is 1.24 bits per heavy atom. The predicted octanol–water partition coefficient (Wildman–Crippen LogP) is 2.41. The van der Waals surface area contributed by atoms with Crippen LogP contribution in [0.5, 0.6) is 0 Å². The molecule has 3 N–H and O–H groups in total. The van der Waals surface area contributed by atoms with E-state index < -0.39 is 26.1 Å². The van der Waals surface area contributed by atoms with E-state index in [1.807, 2.05) is 0 Å². The summed E-state index contributed by atoms with van der Waals surface area (Å²) in [5.41, 5.74) is 0.0209. The van der Waals surface area contributed by atoms with Crippen LogP contribution in [0.15, 0.2) is 23.1 Å². The number of halogens is 4. The van der Waals surface area contributed by atoms with E-state index in [9.17, 15) is 26.0 Å². The van der Waals surface area contributed by atoms with Crippen LogP contribution in [-0.2, 0) is 9.84 Å². The lowest BCUT2D eigenvalue weighted by Crippen LogP contribution is -2.36. The van der Waals surface area contributed by atoms with Crippen LogP contribution in [-0.4, -0.2) is 26.0 Å². The molecule has 9 heteroatoms. The van der Waals surface area contributed by atoms with Crippen molar-refractivity contribution in [2.24, 2.45) is 5.73 Å². The number of hydrogen-bond donors (Lipinski definition) is 2. The summed E-state index contributed by atoms with van der Waals surface area (Å²) < 4.78 is 74.2. The van der Waals surface area contributed by atoms with E-state index >= 15 is 0 Å². The third kappa shape index (κ3) is 3.13. The van der Waals surface area contributed by atoms with Crippen molar-refractivity contribution < 1.29 is 26.0 Å². The van der Waals surface area contributed by atoms with Crippen LogP contribution in [0.3, 0.4) is 0 Å². The lowest BCUT2D eigenvalue weighted by Gasteiger charge is -2.21. The Kier molecular flexibility index (Phi) is 4.16. The number of rotatable bonds is 3. The molecule has 1 aliphatic carbocycles. The first-order valence-electron chi connectivity index (χ1n) is 6.26. The summed E-state index contributed by atoms with van der Waals surface area (Å²) in [6, 6.07) is 1.64. The SMILES string of the molecule is NC1CCCC1Nc1ccc(F)cc1S(=O)(=O)C(F)(F)F. The van der Waals surface area contributed by atoms with Gasteiger partial charge < -0.3 is 11.1 Å². The molecular weight excluding hydrogens is 312 g/mol. The van der Waals surface area contributed by atoms with Crippen LogP contribution >= 0.6 is 0 Å². The Morgan fingerprint density at radius 3 is 2.43 bits per heavy atom. The molecule has 2 unspecified atom stereocenters. The second-order valence-corrected chi connectivity index (χ2v) is 6.84. The Hall–Kier alpha value is -1.35. The van der Waals surface area contributed by atoms with Crippen LogP contribution in [0.25, 0.3) is 0 Å². The molecule has 1 saturated carbocycles. The molecule has 0 amide bonds. The zero-order chi connectivity index (χ0) is 15.8. The number of alkyl halides is 3. The highest BCUT2D eigenvalue weighted by Crippen LogP contribution is 2.35. The Bertz CT molecular complexity index is 631. The van der Waals surface area contributed by atoms with Crippen molar-refractivity contribution in [2.45, 2.75) is 41.7 Å². The van der Waals surface area contributed by atoms with E-state index in [4.69, 9.17) is 5.73 Å². The lowest BCUT2D eigenvalue weighted by molar-refractivity contribution is -0.0435. The molecular formula is C12H14F4N2O2S. The van der Waals surface area contributed by atoms with Crippen molar-refractivity contribution in [1.29, 1.82) is 0 Å². The molecule has 0 aliphatic heterocycles. The van der Waals surface area contributed by atoms with Gasteiger partial charge in [-0.25, -0.2) is 12.8 Å². The zero-order valence-corrected chi connectivity index (χ0v) is 11.6. The topological polar surface area (TPSA) is 72.2 Å². The number of nitrogens with two attached hydrogens (primary N) is 1. The maximum Gasteiger partial charge on any atom is 0.501 e. The van der Waals surface area contributed by atoms with Crippen LogP contribution in [0.2, 0.25) is 0 Å². The second-order valence-electron chi connectivity index (χ2n) is 4.94. The van der Waals surface area contributed by atoms with Crippen LogP contribution < -0.4 is 11.1 Å². The zero-order valence-electron chi connectivity index (χ0n) is 10.8. The monoisotopic (exact) mass is 326 g/mol. The summed E-state index contributed by atoms with van der Waals surface area (Å²) in [4.78, 5) is -1.12. The van der Waals surface area contributed by atoms with Gasteiger partial charge in [-0.3, -0.25) is 0 Å². The van der Waals surface area contributed by atoms with Crippen molar-refractivity contribution in [3.8, 4) is 0 Å². The largest absolute Gasteiger partial charge is 0.501 e. The molecule has 1 aliphatic rings. The number of sulfone groups is 1. The minimum absolute atomic E-state index is 0.281. The van der Waals surface area contributed by atoms with Gasteiger partial charge in [0.25, 0.3) is 9.84 Å². The van der Waals surface area contributed by atoms with E-state index in [1.54, 1.807) is 0 Å². The van der Waals surface area contributed by atoms with Gasteiger partial charge in [-0.05, 0) is 37.5 Å². The smallest absolute Gasteiger partial charge is 0.380 e. The first-order valence-corrected chi connectivity index (χ1v) is 7.74. The third-order valence-corrected chi connectivity index (χ3v) is 4.97. The van der Waals surface area contributed by atoms with E-state index in [-0.39, 0.29) is 17.8 Å². The molecule has 4 nitrogen and oxygen atoms in total. The van der Waals surface area contributed by atoms with E-state index in [2.05, 4.69) is 5.32 Å². The standard InChI is InChI=1S/C12H14F4N2O2S/c13-7-4-5-10(18-9-3-1-2-8(9)17)11(6-7)21(19,20)12(14,15)16/h4-6,8-9,18H,1-3,17H2. The molecule has 118 valence electrons. The molecule has 1 aromatic rings. The molecule has 0 saturated heterocycles. The molecule has 2 rings (SSSR count). The van der Waals surface area contributed by atoms with Gasteiger partial charge in [0.1, 0.15) is 10.7 Å². The fourth-order valence-electron chi connectivity index (χ4n) is 2.33. The number of hydrogen-bond acceptors (Lipinski definition) is 4. The number of benzene rings is 1. The van der Waals surface area contributed by atoms with Crippen molar-refractivity contribution in [1.82, 2.24) is 0 Å². The lowest BCUT2D eigenvalue weighted by atomic mass is 10.1. The van der Waals surface area contributed by atoms with Gasteiger partial charge in [-0.2, -0.15) is 13.2 Å². The van der Waals surface area contributed by atoms with E-state index in [0.29, 0.717) is 18.9 Å². The van der Waals surface area contributed by atoms with Crippen LogP contribution in [0.1, 0.15) is 19.3 Å². The number of nitrogens with one attached hydrogen (secondary N) is 1. The molecule has 0 aromatic heterocycles. The molecule has 0 spiro atoms. The van der Waals surface area contributed by atoms with E-state index in [0.717, 1.165) is 18.6 Å². The first kappa shape index (κ1) is 16.0. The molecule has 2 atom stereocenters. The highest BCUT2D eigenvalue weighted by molar-refractivity contribution is 7.92. The van der Waals surface area contributed by atoms with Gasteiger partial charge in [0.05, 0.1) is 5.69 Å². The normalized spacial score (nSPS) is 23.3. The fourth-order valence-corrected chi connectivity index (χ4v) is 3.26. The number of anilines is 1. The summed E-state index contributed by atoms with van der Waals surface area (Å²) in [5.74, 6) is -1.06. The van der Waals surface area contributed by atoms with Gasteiger partial charge in [0.2, 0.25) is 0 Å². The molecule has 21 heavy (non-hydrogen) atoms. The molecule has 1 fully saturated rings. The summed E-state index contributed by atoms with van der Waals surface area (Å²) in [6.45, 7) is 0. The first-order chi connectivity index (χ1) is 9.63. The van der Waals surface area contributed by atoms with Crippen molar-refractivity contribution in [2.75, 3.05) is 5.32 Å². The maximum absolute atomic E-state index is 13.2. The van der Waals surface area contributed by atoms with Crippen molar-refractivity contribution in [3.05, 3.63) is 24.0 Å². The average Bonchev–Trinajstić information content (AvgIpc) is 2.76. The minimum atomic E-state index is -5.63. The van der Waals surface area contributed by atoms with Gasteiger partial charge >= 0.3 is 5.51 Å². The van der Waals surface area contributed by atoms with Crippen LogP contribution in [0, 0.1) is 5.82 Å².